The van der Waals surface area contributed by atoms with Gasteiger partial charge in [0.25, 0.3) is 5.91 Å². The van der Waals surface area contributed by atoms with Crippen LogP contribution in [0.15, 0.2) is 12.1 Å². The Morgan fingerprint density at radius 1 is 1.28 bits per heavy atom. The smallest absolute Gasteiger partial charge is 0.254 e. The fourth-order valence-corrected chi connectivity index (χ4v) is 1.49. The fourth-order valence-electron chi connectivity index (χ4n) is 1.49. The zero-order valence-corrected chi connectivity index (χ0v) is 9.84. The van der Waals surface area contributed by atoms with E-state index in [1.165, 1.54) is 0 Å². The molecule has 0 aliphatic rings. The van der Waals surface area contributed by atoms with E-state index in [2.05, 4.69) is 5.32 Å². The lowest BCUT2D eigenvalue weighted by Crippen LogP contribution is -2.35. The molecule has 2 N–H and O–H groups in total. The van der Waals surface area contributed by atoms with Crippen LogP contribution in [0.3, 0.4) is 0 Å². The predicted molar refractivity (Wildman–Crippen MR) is 59.6 cm³/mol. The summed E-state index contributed by atoms with van der Waals surface area (Å²) in [7, 11) is 0. The highest BCUT2D eigenvalue weighted by molar-refractivity contribution is 5.94. The molecule has 0 saturated carbocycles. The number of aliphatic hydroxyl groups is 1. The van der Waals surface area contributed by atoms with Gasteiger partial charge >= 0.3 is 0 Å². The van der Waals surface area contributed by atoms with Crippen LogP contribution in [0, 0.1) is 17.5 Å². The lowest BCUT2D eigenvalue weighted by molar-refractivity contribution is 0.0924. The van der Waals surface area contributed by atoms with E-state index in [-0.39, 0.29) is 12.6 Å². The first-order valence-electron chi connectivity index (χ1n) is 5.55. The highest BCUT2D eigenvalue weighted by atomic mass is 19.2. The summed E-state index contributed by atoms with van der Waals surface area (Å²) in [5.41, 5.74) is -0.551. The molecule has 1 atom stereocenters. The average Bonchev–Trinajstić information content (AvgIpc) is 2.33. The van der Waals surface area contributed by atoms with Crippen LogP contribution in [-0.2, 0) is 0 Å². The van der Waals surface area contributed by atoms with Gasteiger partial charge in [-0.2, -0.15) is 0 Å². The molecule has 0 fully saturated rings. The van der Waals surface area contributed by atoms with E-state index >= 15 is 0 Å². The maximum atomic E-state index is 13.3. The van der Waals surface area contributed by atoms with E-state index in [1.807, 2.05) is 0 Å². The van der Waals surface area contributed by atoms with Gasteiger partial charge in [-0.05, 0) is 18.9 Å². The topological polar surface area (TPSA) is 49.3 Å². The lowest BCUT2D eigenvalue weighted by atomic mass is 10.1. The second kappa shape index (κ2) is 6.39. The number of nitrogens with one attached hydrogen (secondary N) is 1. The van der Waals surface area contributed by atoms with Crippen LogP contribution in [0.1, 0.15) is 30.1 Å². The molecular formula is C12H14F3NO2. The first kappa shape index (κ1) is 14.5. The molecular weight excluding hydrogens is 247 g/mol. The minimum Gasteiger partial charge on any atom is -0.396 e. The number of hydrogen-bond donors (Lipinski definition) is 2. The zero-order valence-electron chi connectivity index (χ0n) is 9.84. The van der Waals surface area contributed by atoms with Gasteiger partial charge in [0, 0.05) is 18.7 Å². The van der Waals surface area contributed by atoms with Crippen LogP contribution in [0.4, 0.5) is 13.2 Å². The molecule has 0 heterocycles. The maximum Gasteiger partial charge on any atom is 0.254 e. The van der Waals surface area contributed by atoms with Crippen molar-refractivity contribution in [1.82, 2.24) is 5.32 Å². The van der Waals surface area contributed by atoms with E-state index in [0.717, 1.165) is 0 Å². The summed E-state index contributed by atoms with van der Waals surface area (Å²) < 4.78 is 38.9. The van der Waals surface area contributed by atoms with Crippen molar-refractivity contribution in [2.75, 3.05) is 6.61 Å². The van der Waals surface area contributed by atoms with Gasteiger partial charge < -0.3 is 10.4 Å². The van der Waals surface area contributed by atoms with Crippen LogP contribution in [0.2, 0.25) is 0 Å². The quantitative estimate of drug-likeness (QED) is 0.796. The molecule has 100 valence electrons. The van der Waals surface area contributed by atoms with Crippen LogP contribution in [-0.4, -0.2) is 23.7 Å². The molecule has 0 aromatic heterocycles. The Labute approximate surface area is 103 Å². The number of hydrogen-bond acceptors (Lipinski definition) is 2. The van der Waals surface area contributed by atoms with Gasteiger partial charge in [-0.25, -0.2) is 13.2 Å². The van der Waals surface area contributed by atoms with Crippen molar-refractivity contribution in [2.45, 2.75) is 25.8 Å². The average molecular weight is 261 g/mol. The highest BCUT2D eigenvalue weighted by Crippen LogP contribution is 2.14. The van der Waals surface area contributed by atoms with Crippen molar-refractivity contribution in [1.29, 1.82) is 0 Å². The first-order chi connectivity index (χ1) is 8.49. The number of benzene rings is 1. The first-order valence-corrected chi connectivity index (χ1v) is 5.55. The summed E-state index contributed by atoms with van der Waals surface area (Å²) in [5, 5.41) is 11.2. The van der Waals surface area contributed by atoms with Crippen molar-refractivity contribution in [3.8, 4) is 0 Å². The number of aliphatic hydroxyl groups excluding tert-OH is 1. The molecule has 0 spiro atoms. The summed E-state index contributed by atoms with van der Waals surface area (Å²) in [6, 6.07) is 0.512. The van der Waals surface area contributed by atoms with Gasteiger partial charge in [0.1, 0.15) is 5.82 Å². The Balaban J connectivity index is 2.87. The summed E-state index contributed by atoms with van der Waals surface area (Å²) in [6.45, 7) is 1.65. The molecule has 6 heteroatoms. The fraction of sp³-hybridized carbons (Fsp3) is 0.417. The molecule has 0 radical (unpaired) electrons. The summed E-state index contributed by atoms with van der Waals surface area (Å²) in [6.07, 6.45) is 0.852. The normalized spacial score (nSPS) is 12.3. The van der Waals surface area contributed by atoms with Crippen molar-refractivity contribution in [3.05, 3.63) is 35.1 Å². The number of halogens is 3. The van der Waals surface area contributed by atoms with Crippen molar-refractivity contribution in [3.63, 3.8) is 0 Å². The van der Waals surface area contributed by atoms with Gasteiger partial charge in [-0.1, -0.05) is 6.92 Å². The third-order valence-corrected chi connectivity index (χ3v) is 2.56. The minimum absolute atomic E-state index is 0.126. The Bertz CT molecular complexity index is 438. The maximum absolute atomic E-state index is 13.3. The van der Waals surface area contributed by atoms with Crippen LogP contribution in [0.5, 0.6) is 0 Å². The van der Waals surface area contributed by atoms with Crippen molar-refractivity contribution in [2.24, 2.45) is 0 Å². The van der Waals surface area contributed by atoms with Gasteiger partial charge in [-0.15, -0.1) is 0 Å². The molecule has 3 nitrogen and oxygen atoms in total. The molecule has 0 saturated heterocycles. The molecule has 1 aromatic rings. The zero-order chi connectivity index (χ0) is 13.7. The number of carbonyl (C=O) groups is 1. The highest BCUT2D eigenvalue weighted by Gasteiger charge is 2.18. The largest absolute Gasteiger partial charge is 0.396 e. The predicted octanol–water partition coefficient (Wildman–Crippen LogP) is 1.99. The van der Waals surface area contributed by atoms with Crippen molar-refractivity contribution < 1.29 is 23.1 Å². The van der Waals surface area contributed by atoms with Crippen molar-refractivity contribution >= 4 is 5.91 Å². The van der Waals surface area contributed by atoms with Gasteiger partial charge in [0.05, 0.1) is 5.56 Å². The van der Waals surface area contributed by atoms with E-state index in [9.17, 15) is 18.0 Å². The lowest BCUT2D eigenvalue weighted by Gasteiger charge is -2.16. The third kappa shape index (κ3) is 3.46. The SMILES string of the molecule is CCC(CCO)NC(=O)c1cc(F)c(F)cc1F. The van der Waals surface area contributed by atoms with E-state index in [0.29, 0.717) is 25.0 Å². The molecule has 1 unspecified atom stereocenters. The van der Waals surface area contributed by atoms with Gasteiger partial charge in [0.2, 0.25) is 0 Å². The summed E-state index contributed by atoms with van der Waals surface area (Å²) >= 11 is 0. The Hall–Kier alpha value is -1.56. The number of rotatable bonds is 5. The van der Waals surface area contributed by atoms with Crippen LogP contribution < -0.4 is 5.32 Å². The number of amides is 1. The van der Waals surface area contributed by atoms with E-state index in [1.54, 1.807) is 6.92 Å². The van der Waals surface area contributed by atoms with E-state index in [4.69, 9.17) is 5.11 Å². The van der Waals surface area contributed by atoms with Gasteiger partial charge in [-0.3, -0.25) is 4.79 Å². The molecule has 1 amide bonds. The minimum atomic E-state index is -1.34. The molecule has 0 bridgehead atoms. The van der Waals surface area contributed by atoms with Crippen LogP contribution in [0.25, 0.3) is 0 Å². The molecule has 1 rings (SSSR count). The summed E-state index contributed by atoms with van der Waals surface area (Å²) in [4.78, 5) is 11.7. The second-order valence-electron chi connectivity index (χ2n) is 3.84. The van der Waals surface area contributed by atoms with E-state index < -0.39 is 28.9 Å². The standard InChI is InChI=1S/C12H14F3NO2/c1-2-7(3-4-17)16-12(18)8-5-10(14)11(15)6-9(8)13/h5-7,17H,2-4H2,1H3,(H,16,18). The second-order valence-corrected chi connectivity index (χ2v) is 3.84. The van der Waals surface area contributed by atoms with Crippen LogP contribution >= 0.6 is 0 Å². The third-order valence-electron chi connectivity index (χ3n) is 2.56. The Morgan fingerprint density at radius 2 is 1.89 bits per heavy atom. The Morgan fingerprint density at radius 3 is 2.44 bits per heavy atom. The molecule has 0 aliphatic heterocycles. The van der Waals surface area contributed by atoms with Gasteiger partial charge in [0.15, 0.2) is 11.6 Å². The Kier molecular flexibility index (Phi) is 5.15. The molecule has 0 aliphatic carbocycles. The number of carbonyl (C=O) groups excluding carboxylic acids is 1. The molecule has 18 heavy (non-hydrogen) atoms. The monoisotopic (exact) mass is 261 g/mol. The molecule has 1 aromatic carbocycles. The summed E-state index contributed by atoms with van der Waals surface area (Å²) in [5.74, 6) is -4.57.